The van der Waals surface area contributed by atoms with Crippen molar-refractivity contribution in [2.24, 2.45) is 7.05 Å². The topological polar surface area (TPSA) is 151 Å². The predicted octanol–water partition coefficient (Wildman–Crippen LogP) is 2.03. The maximum atomic E-state index is 14.1. The zero-order valence-electron chi connectivity index (χ0n) is 21.5. The van der Waals surface area contributed by atoms with Crippen LogP contribution in [0.3, 0.4) is 0 Å². The summed E-state index contributed by atoms with van der Waals surface area (Å²) >= 11 is 0. The third-order valence-electron chi connectivity index (χ3n) is 6.28. The Bertz CT molecular complexity index is 2030. The second-order valence-electron chi connectivity index (χ2n) is 9.01. The van der Waals surface area contributed by atoms with E-state index in [1.807, 2.05) is 25.2 Å². The number of aromatic nitrogens is 8. The SMILES string of the molecule is C[C@H](NC(=O)c1c(N)nn2ccnnc12)c1nc2cccc(C#Cc3ccn(C)n3)c2c(=O)n1-c1ccccc1. The van der Waals surface area contributed by atoms with Gasteiger partial charge in [0.2, 0.25) is 0 Å². The van der Waals surface area contributed by atoms with Crippen LogP contribution in [0.5, 0.6) is 0 Å². The number of hydrogen-bond acceptors (Lipinski definition) is 8. The van der Waals surface area contributed by atoms with Gasteiger partial charge in [0.1, 0.15) is 17.1 Å². The zero-order chi connectivity index (χ0) is 27.8. The number of benzene rings is 2. The van der Waals surface area contributed by atoms with Crippen LogP contribution in [-0.2, 0) is 7.05 Å². The van der Waals surface area contributed by atoms with Crippen LogP contribution < -0.4 is 16.6 Å². The van der Waals surface area contributed by atoms with E-state index in [0.717, 1.165) is 0 Å². The molecule has 12 heteroatoms. The van der Waals surface area contributed by atoms with Crippen molar-refractivity contribution in [3.63, 3.8) is 0 Å². The van der Waals surface area contributed by atoms with Gasteiger partial charge in [-0.15, -0.1) is 10.2 Å². The molecular formula is C28H22N10O2. The minimum absolute atomic E-state index is 0.00763. The number of carbonyl (C=O) groups excluding carboxylic acids is 1. The first-order chi connectivity index (χ1) is 19.4. The zero-order valence-corrected chi connectivity index (χ0v) is 21.5. The molecule has 0 unspecified atom stereocenters. The van der Waals surface area contributed by atoms with Crippen molar-refractivity contribution >= 4 is 28.3 Å². The number of nitrogen functional groups attached to an aromatic ring is 1. The van der Waals surface area contributed by atoms with Crippen molar-refractivity contribution < 1.29 is 4.79 Å². The molecule has 0 bridgehead atoms. The Hall–Kier alpha value is -5.83. The number of hydrogen-bond donors (Lipinski definition) is 2. The first-order valence-electron chi connectivity index (χ1n) is 12.3. The fourth-order valence-electron chi connectivity index (χ4n) is 4.46. The molecule has 0 aliphatic carbocycles. The molecule has 0 radical (unpaired) electrons. The Labute approximate surface area is 227 Å². The van der Waals surface area contributed by atoms with Gasteiger partial charge in [-0.05, 0) is 43.2 Å². The number of para-hydroxylation sites is 1. The van der Waals surface area contributed by atoms with Gasteiger partial charge < -0.3 is 11.1 Å². The Morgan fingerprint density at radius 2 is 1.85 bits per heavy atom. The van der Waals surface area contributed by atoms with Crippen molar-refractivity contribution in [2.75, 3.05) is 5.73 Å². The summed E-state index contributed by atoms with van der Waals surface area (Å²) in [5.74, 6) is 5.90. The van der Waals surface area contributed by atoms with Crippen LogP contribution in [0, 0.1) is 11.8 Å². The number of carbonyl (C=O) groups is 1. The first-order valence-corrected chi connectivity index (χ1v) is 12.3. The van der Waals surface area contributed by atoms with Crippen LogP contribution in [-0.4, -0.2) is 45.1 Å². The van der Waals surface area contributed by atoms with E-state index < -0.39 is 11.9 Å². The molecule has 6 aromatic rings. The lowest BCUT2D eigenvalue weighted by Crippen LogP contribution is -2.33. The van der Waals surface area contributed by atoms with E-state index in [0.29, 0.717) is 33.7 Å². The van der Waals surface area contributed by atoms with Gasteiger partial charge in [0.15, 0.2) is 11.5 Å². The van der Waals surface area contributed by atoms with Crippen molar-refractivity contribution in [2.45, 2.75) is 13.0 Å². The van der Waals surface area contributed by atoms with E-state index in [-0.39, 0.29) is 22.6 Å². The number of nitrogens with two attached hydrogens (primary N) is 1. The van der Waals surface area contributed by atoms with Crippen LogP contribution in [0.1, 0.15) is 40.4 Å². The number of nitrogens with one attached hydrogen (secondary N) is 1. The fraction of sp³-hybridized carbons (Fsp3) is 0.107. The molecule has 1 amide bonds. The van der Waals surface area contributed by atoms with Gasteiger partial charge >= 0.3 is 0 Å². The van der Waals surface area contributed by atoms with Gasteiger partial charge in [0.25, 0.3) is 11.5 Å². The Kier molecular flexibility index (Phi) is 6.01. The Balaban J connectivity index is 1.48. The molecule has 0 aliphatic heterocycles. The highest BCUT2D eigenvalue weighted by Gasteiger charge is 2.25. The minimum Gasteiger partial charge on any atom is -0.381 e. The molecule has 0 aliphatic rings. The summed E-state index contributed by atoms with van der Waals surface area (Å²) in [7, 11) is 1.81. The van der Waals surface area contributed by atoms with E-state index in [1.54, 1.807) is 60.4 Å². The third-order valence-corrected chi connectivity index (χ3v) is 6.28. The van der Waals surface area contributed by atoms with Crippen LogP contribution in [0.2, 0.25) is 0 Å². The van der Waals surface area contributed by atoms with Gasteiger partial charge in [-0.3, -0.25) is 18.8 Å². The summed E-state index contributed by atoms with van der Waals surface area (Å²) in [4.78, 5) is 32.3. The number of amides is 1. The predicted molar refractivity (Wildman–Crippen MR) is 148 cm³/mol. The third kappa shape index (κ3) is 4.31. The average molecular weight is 531 g/mol. The van der Waals surface area contributed by atoms with Crippen molar-refractivity contribution in [1.82, 2.24) is 44.5 Å². The van der Waals surface area contributed by atoms with E-state index >= 15 is 0 Å². The summed E-state index contributed by atoms with van der Waals surface area (Å²) in [5.41, 5.74) is 8.15. The molecule has 40 heavy (non-hydrogen) atoms. The molecule has 2 aromatic carbocycles. The lowest BCUT2D eigenvalue weighted by Gasteiger charge is -2.20. The van der Waals surface area contributed by atoms with Gasteiger partial charge in [-0.2, -0.15) is 10.2 Å². The standard InChI is InChI=1S/C28H22N10O2/c1-17(31-27(39)23-24(29)35-37-16-14-30-33-26(23)37)25-32-21-10-6-7-18(11-12-19-13-15-36(2)34-19)22(21)28(40)38(25)20-8-4-3-5-9-20/h3-10,13-17H,1-2H3,(H2,29,35)(H,31,39)/t17-/m0/s1. The molecule has 12 nitrogen and oxygen atoms in total. The summed E-state index contributed by atoms with van der Waals surface area (Å²) in [6.07, 6.45) is 4.79. The minimum atomic E-state index is -0.709. The summed E-state index contributed by atoms with van der Waals surface area (Å²) in [5, 5.41) is 19.5. The van der Waals surface area contributed by atoms with Gasteiger partial charge in [0.05, 0.1) is 35.0 Å². The first kappa shape index (κ1) is 24.5. The van der Waals surface area contributed by atoms with E-state index in [4.69, 9.17) is 10.7 Å². The highest BCUT2D eigenvalue weighted by atomic mass is 16.2. The van der Waals surface area contributed by atoms with Crippen molar-refractivity contribution in [3.05, 3.63) is 106 Å². The molecule has 4 aromatic heterocycles. The van der Waals surface area contributed by atoms with Gasteiger partial charge in [-0.25, -0.2) is 9.50 Å². The molecule has 0 saturated carbocycles. The van der Waals surface area contributed by atoms with Crippen molar-refractivity contribution in [3.8, 4) is 17.5 Å². The lowest BCUT2D eigenvalue weighted by atomic mass is 10.1. The average Bonchev–Trinajstić information content (AvgIpc) is 3.53. The van der Waals surface area contributed by atoms with Crippen LogP contribution >= 0.6 is 0 Å². The largest absolute Gasteiger partial charge is 0.381 e. The normalized spacial score (nSPS) is 11.8. The maximum absolute atomic E-state index is 14.1. The van der Waals surface area contributed by atoms with Gasteiger partial charge in [-0.1, -0.05) is 30.2 Å². The number of aryl methyl sites for hydroxylation is 1. The molecule has 0 fully saturated rings. The molecule has 4 heterocycles. The molecule has 0 spiro atoms. The van der Waals surface area contributed by atoms with Crippen LogP contribution in [0.4, 0.5) is 5.82 Å². The van der Waals surface area contributed by atoms with E-state index in [9.17, 15) is 9.59 Å². The summed E-state index contributed by atoms with van der Waals surface area (Å²) in [6.45, 7) is 1.74. The molecule has 196 valence electrons. The second kappa shape index (κ2) is 9.80. The Morgan fingerprint density at radius 1 is 1.02 bits per heavy atom. The highest BCUT2D eigenvalue weighted by Crippen LogP contribution is 2.22. The second-order valence-corrected chi connectivity index (χ2v) is 9.01. The number of anilines is 1. The molecule has 0 saturated heterocycles. The quantitative estimate of drug-likeness (QED) is 0.329. The van der Waals surface area contributed by atoms with E-state index in [1.165, 1.54) is 15.3 Å². The molecule has 3 N–H and O–H groups in total. The van der Waals surface area contributed by atoms with Crippen LogP contribution in [0.15, 0.2) is 78.0 Å². The molecular weight excluding hydrogens is 508 g/mol. The smallest absolute Gasteiger partial charge is 0.267 e. The molecule has 1 atom stereocenters. The van der Waals surface area contributed by atoms with E-state index in [2.05, 4.69) is 37.6 Å². The summed E-state index contributed by atoms with van der Waals surface area (Å²) in [6, 6.07) is 15.5. The summed E-state index contributed by atoms with van der Waals surface area (Å²) < 4.78 is 4.52. The van der Waals surface area contributed by atoms with Crippen LogP contribution in [0.25, 0.3) is 22.2 Å². The monoisotopic (exact) mass is 530 g/mol. The number of rotatable bonds is 4. The number of nitrogens with zero attached hydrogens (tertiary/aromatic N) is 8. The fourth-order valence-corrected chi connectivity index (χ4v) is 4.46. The van der Waals surface area contributed by atoms with Gasteiger partial charge in [0, 0.05) is 18.8 Å². The highest BCUT2D eigenvalue weighted by molar-refractivity contribution is 6.04. The Morgan fingerprint density at radius 3 is 2.62 bits per heavy atom. The maximum Gasteiger partial charge on any atom is 0.267 e. The lowest BCUT2D eigenvalue weighted by molar-refractivity contribution is 0.0940. The van der Waals surface area contributed by atoms with Crippen molar-refractivity contribution in [1.29, 1.82) is 0 Å². The molecule has 6 rings (SSSR count). The number of fused-ring (bicyclic) bond motifs is 2.